The maximum absolute atomic E-state index is 11.1. The molecule has 0 unspecified atom stereocenters. The number of anilines is 1. The van der Waals surface area contributed by atoms with E-state index in [-0.39, 0.29) is 30.4 Å². The number of halogens is 2. The largest absolute Gasteiger partial charge is 0.356 e. The minimum atomic E-state index is 0. The first-order chi connectivity index (χ1) is 5.38. The van der Waals surface area contributed by atoms with E-state index in [2.05, 4.69) is 10.3 Å². The Bertz CT molecular complexity index is 326. The first-order valence-corrected chi connectivity index (χ1v) is 3.67. The van der Waals surface area contributed by atoms with Crippen LogP contribution in [0.5, 0.6) is 0 Å². The predicted octanol–water partition coefficient (Wildman–Crippen LogP) is 0.902. The van der Waals surface area contributed by atoms with Crippen molar-refractivity contribution in [1.82, 2.24) is 9.55 Å². The first kappa shape index (κ1) is 12.3. The molecule has 0 fully saturated rings. The molecule has 0 amide bonds. The molecule has 1 aromatic heterocycles. The molecule has 0 saturated heterocycles. The van der Waals surface area contributed by atoms with Crippen molar-refractivity contribution in [2.45, 2.75) is 13.0 Å². The number of rotatable bonds is 0. The van der Waals surface area contributed by atoms with E-state index in [1.807, 2.05) is 0 Å². The maximum Gasteiger partial charge on any atom is 0.254 e. The number of fused-ring (bicyclic) bond motifs is 1. The van der Waals surface area contributed by atoms with Crippen molar-refractivity contribution in [3.05, 3.63) is 22.6 Å². The predicted molar refractivity (Wildman–Crippen MR) is 56.1 cm³/mol. The zero-order valence-corrected chi connectivity index (χ0v) is 8.53. The van der Waals surface area contributed by atoms with Crippen molar-refractivity contribution in [2.75, 3.05) is 11.9 Å². The van der Waals surface area contributed by atoms with Gasteiger partial charge in [-0.3, -0.25) is 9.36 Å². The zero-order valence-electron chi connectivity index (χ0n) is 6.90. The molecular formula is C7H11Cl2N3O. The van der Waals surface area contributed by atoms with Crippen LogP contribution < -0.4 is 10.9 Å². The van der Waals surface area contributed by atoms with Gasteiger partial charge in [-0.15, -0.1) is 24.8 Å². The van der Waals surface area contributed by atoms with Gasteiger partial charge in [0.1, 0.15) is 0 Å². The summed E-state index contributed by atoms with van der Waals surface area (Å²) in [5.41, 5.74) is 0.0298. The second kappa shape index (κ2) is 5.09. The zero-order chi connectivity index (χ0) is 7.68. The van der Waals surface area contributed by atoms with Gasteiger partial charge < -0.3 is 5.32 Å². The van der Waals surface area contributed by atoms with Crippen molar-refractivity contribution in [1.29, 1.82) is 0 Å². The van der Waals surface area contributed by atoms with Crippen molar-refractivity contribution < 1.29 is 0 Å². The third-order valence-corrected chi connectivity index (χ3v) is 1.78. The van der Waals surface area contributed by atoms with Crippen LogP contribution in [0.25, 0.3) is 0 Å². The molecule has 2 heterocycles. The fourth-order valence-electron chi connectivity index (χ4n) is 1.23. The smallest absolute Gasteiger partial charge is 0.254 e. The van der Waals surface area contributed by atoms with Crippen LogP contribution in [0.1, 0.15) is 6.42 Å². The summed E-state index contributed by atoms with van der Waals surface area (Å²) in [6.07, 6.45) is 2.53. The number of hydrogen-bond acceptors (Lipinski definition) is 3. The van der Waals surface area contributed by atoms with E-state index >= 15 is 0 Å². The number of nitrogens with zero attached hydrogens (tertiary/aromatic N) is 2. The van der Waals surface area contributed by atoms with E-state index in [4.69, 9.17) is 0 Å². The molecule has 74 valence electrons. The van der Waals surface area contributed by atoms with E-state index in [1.165, 1.54) is 12.3 Å². The molecule has 0 bridgehead atoms. The van der Waals surface area contributed by atoms with E-state index < -0.39 is 0 Å². The third-order valence-electron chi connectivity index (χ3n) is 1.78. The summed E-state index contributed by atoms with van der Waals surface area (Å²) < 4.78 is 1.66. The standard InChI is InChI=1S/C7H9N3O.2ClH/c11-6-2-4-9-7-8-3-1-5-10(6)7;;/h2,4H,1,3,5H2,(H,8,9);2*1H. The normalized spacial score (nSPS) is 12.9. The van der Waals surface area contributed by atoms with Crippen LogP contribution in [0.4, 0.5) is 5.95 Å². The van der Waals surface area contributed by atoms with Crippen LogP contribution in [-0.2, 0) is 6.54 Å². The summed E-state index contributed by atoms with van der Waals surface area (Å²) in [4.78, 5) is 15.2. The fourth-order valence-corrected chi connectivity index (χ4v) is 1.23. The highest BCUT2D eigenvalue weighted by molar-refractivity contribution is 5.85. The molecule has 4 nitrogen and oxygen atoms in total. The van der Waals surface area contributed by atoms with Gasteiger partial charge in [-0.2, -0.15) is 0 Å². The molecule has 0 aliphatic carbocycles. The fraction of sp³-hybridized carbons (Fsp3) is 0.429. The Morgan fingerprint density at radius 3 is 2.92 bits per heavy atom. The molecule has 0 spiro atoms. The van der Waals surface area contributed by atoms with E-state index in [0.29, 0.717) is 5.95 Å². The van der Waals surface area contributed by atoms with Gasteiger partial charge in [0.05, 0.1) is 0 Å². The summed E-state index contributed by atoms with van der Waals surface area (Å²) in [6.45, 7) is 1.70. The van der Waals surface area contributed by atoms with Gasteiger partial charge in [-0.1, -0.05) is 0 Å². The molecule has 0 atom stereocenters. The highest BCUT2D eigenvalue weighted by Crippen LogP contribution is 2.05. The van der Waals surface area contributed by atoms with Gasteiger partial charge in [0.2, 0.25) is 5.95 Å². The van der Waals surface area contributed by atoms with Crippen molar-refractivity contribution >= 4 is 30.8 Å². The number of hydrogen-bond donors (Lipinski definition) is 1. The lowest BCUT2D eigenvalue weighted by Crippen LogP contribution is -2.29. The summed E-state index contributed by atoms with van der Waals surface area (Å²) >= 11 is 0. The van der Waals surface area contributed by atoms with Crippen LogP contribution in [0.15, 0.2) is 17.1 Å². The first-order valence-electron chi connectivity index (χ1n) is 3.67. The quantitative estimate of drug-likeness (QED) is 0.712. The minimum absolute atomic E-state index is 0. The van der Waals surface area contributed by atoms with Gasteiger partial charge in [-0.25, -0.2) is 4.98 Å². The molecular weight excluding hydrogens is 213 g/mol. The summed E-state index contributed by atoms with van der Waals surface area (Å²) in [7, 11) is 0. The van der Waals surface area contributed by atoms with E-state index in [1.54, 1.807) is 4.57 Å². The molecule has 0 aromatic carbocycles. The third kappa shape index (κ3) is 2.35. The number of aromatic nitrogens is 2. The summed E-state index contributed by atoms with van der Waals surface area (Å²) in [5, 5.41) is 3.06. The van der Waals surface area contributed by atoms with Crippen LogP contribution >= 0.6 is 24.8 Å². The second-order valence-corrected chi connectivity index (χ2v) is 2.54. The van der Waals surface area contributed by atoms with Gasteiger partial charge in [0, 0.05) is 25.4 Å². The van der Waals surface area contributed by atoms with Gasteiger partial charge in [0.15, 0.2) is 0 Å². The highest BCUT2D eigenvalue weighted by atomic mass is 35.5. The van der Waals surface area contributed by atoms with Gasteiger partial charge in [-0.05, 0) is 6.42 Å². The van der Waals surface area contributed by atoms with Crippen LogP contribution in [0.3, 0.4) is 0 Å². The SMILES string of the molecule is Cl.Cl.O=c1ccnc2n1CCCN2. The lowest BCUT2D eigenvalue weighted by Gasteiger charge is -2.17. The minimum Gasteiger partial charge on any atom is -0.356 e. The average Bonchev–Trinajstić information content (AvgIpc) is 2.06. The Hall–Kier alpha value is -0.740. The molecule has 0 saturated carbocycles. The molecule has 1 N–H and O–H groups in total. The summed E-state index contributed by atoms with van der Waals surface area (Å²) in [5.74, 6) is 0.698. The van der Waals surface area contributed by atoms with Gasteiger partial charge in [0.25, 0.3) is 5.56 Å². The second-order valence-electron chi connectivity index (χ2n) is 2.54. The lowest BCUT2D eigenvalue weighted by molar-refractivity contribution is 0.596. The Morgan fingerprint density at radius 1 is 1.46 bits per heavy atom. The molecule has 1 aromatic rings. The van der Waals surface area contributed by atoms with Crippen LogP contribution in [-0.4, -0.2) is 16.1 Å². The van der Waals surface area contributed by atoms with Crippen LogP contribution in [0, 0.1) is 0 Å². The van der Waals surface area contributed by atoms with E-state index in [0.717, 1.165) is 19.5 Å². The molecule has 6 heteroatoms. The lowest BCUT2D eigenvalue weighted by atomic mass is 10.3. The van der Waals surface area contributed by atoms with Crippen molar-refractivity contribution in [3.8, 4) is 0 Å². The Morgan fingerprint density at radius 2 is 2.23 bits per heavy atom. The molecule has 1 aliphatic heterocycles. The molecule has 13 heavy (non-hydrogen) atoms. The Balaban J connectivity index is 0.000000720. The van der Waals surface area contributed by atoms with Crippen molar-refractivity contribution in [3.63, 3.8) is 0 Å². The van der Waals surface area contributed by atoms with Crippen LogP contribution in [0.2, 0.25) is 0 Å². The van der Waals surface area contributed by atoms with Gasteiger partial charge >= 0.3 is 0 Å². The molecule has 0 radical (unpaired) electrons. The van der Waals surface area contributed by atoms with E-state index in [9.17, 15) is 4.79 Å². The Kier molecular flexibility index (Phi) is 4.80. The maximum atomic E-state index is 11.1. The summed E-state index contributed by atoms with van der Waals surface area (Å²) in [6, 6.07) is 1.48. The Labute approximate surface area is 88.2 Å². The molecule has 1 aliphatic rings. The number of nitrogens with one attached hydrogen (secondary N) is 1. The average molecular weight is 224 g/mol. The topological polar surface area (TPSA) is 46.9 Å². The highest BCUT2D eigenvalue weighted by Gasteiger charge is 2.07. The molecule has 2 rings (SSSR count). The monoisotopic (exact) mass is 223 g/mol. The van der Waals surface area contributed by atoms with Crippen molar-refractivity contribution in [2.24, 2.45) is 0 Å².